The van der Waals surface area contributed by atoms with Gasteiger partial charge >= 0.3 is 6.09 Å². The predicted molar refractivity (Wildman–Crippen MR) is 98.4 cm³/mol. The van der Waals surface area contributed by atoms with Crippen molar-refractivity contribution >= 4 is 27.7 Å². The lowest BCUT2D eigenvalue weighted by Crippen LogP contribution is -2.56. The number of hydrogen-bond acceptors (Lipinski definition) is 5. The topological polar surface area (TPSA) is 87.2 Å². The molecular formula is C17H24FN3O5S. The monoisotopic (exact) mass is 401 g/mol. The summed E-state index contributed by atoms with van der Waals surface area (Å²) in [6.45, 7) is 4.47. The van der Waals surface area contributed by atoms with Gasteiger partial charge < -0.3 is 14.5 Å². The van der Waals surface area contributed by atoms with Gasteiger partial charge in [-0.25, -0.2) is 17.6 Å². The SMILES string of the molecule is CCOC(=O)N1CCN(C(=O)[C@@H](C)N(c2ccccc2F)S(C)(=O)=O)CC1. The Hall–Kier alpha value is -2.36. The van der Waals surface area contributed by atoms with Crippen LogP contribution in [0.4, 0.5) is 14.9 Å². The highest BCUT2D eigenvalue weighted by molar-refractivity contribution is 7.92. The van der Waals surface area contributed by atoms with E-state index in [-0.39, 0.29) is 38.5 Å². The normalized spacial score (nSPS) is 16.0. The second-order valence-electron chi connectivity index (χ2n) is 6.20. The van der Waals surface area contributed by atoms with Crippen LogP contribution in [0.2, 0.25) is 0 Å². The lowest BCUT2D eigenvalue weighted by atomic mass is 10.2. The van der Waals surface area contributed by atoms with Gasteiger partial charge in [-0.3, -0.25) is 9.10 Å². The zero-order valence-corrected chi connectivity index (χ0v) is 16.4. The number of piperazine rings is 1. The zero-order valence-electron chi connectivity index (χ0n) is 15.6. The molecule has 2 amide bonds. The van der Waals surface area contributed by atoms with Crippen LogP contribution < -0.4 is 4.31 Å². The highest BCUT2D eigenvalue weighted by Gasteiger charge is 2.35. The molecule has 1 atom stereocenters. The Bertz CT molecular complexity index is 794. The van der Waals surface area contributed by atoms with E-state index in [2.05, 4.69) is 0 Å². The van der Waals surface area contributed by atoms with E-state index in [4.69, 9.17) is 4.74 Å². The summed E-state index contributed by atoms with van der Waals surface area (Å²) in [5.74, 6) is -1.18. The molecule has 0 N–H and O–H groups in total. The van der Waals surface area contributed by atoms with E-state index >= 15 is 0 Å². The highest BCUT2D eigenvalue weighted by Crippen LogP contribution is 2.25. The number of rotatable bonds is 5. The van der Waals surface area contributed by atoms with E-state index < -0.39 is 33.9 Å². The first-order valence-corrected chi connectivity index (χ1v) is 10.5. The number of carbonyl (C=O) groups is 2. The van der Waals surface area contributed by atoms with Gasteiger partial charge in [0.15, 0.2) is 0 Å². The Kier molecular flexibility index (Phi) is 6.63. The van der Waals surface area contributed by atoms with E-state index in [9.17, 15) is 22.4 Å². The van der Waals surface area contributed by atoms with Gasteiger partial charge in [-0.15, -0.1) is 0 Å². The summed E-state index contributed by atoms with van der Waals surface area (Å²) in [4.78, 5) is 27.5. The summed E-state index contributed by atoms with van der Waals surface area (Å²) < 4.78 is 44.4. The average Bonchev–Trinajstić information content (AvgIpc) is 2.62. The minimum absolute atomic E-state index is 0.175. The maximum absolute atomic E-state index is 14.2. The molecule has 1 aliphatic rings. The van der Waals surface area contributed by atoms with Crippen LogP contribution in [0.5, 0.6) is 0 Å². The molecule has 2 rings (SSSR count). The first-order valence-electron chi connectivity index (χ1n) is 8.61. The van der Waals surface area contributed by atoms with Crippen LogP contribution in [0.25, 0.3) is 0 Å². The summed E-state index contributed by atoms with van der Waals surface area (Å²) >= 11 is 0. The summed E-state index contributed by atoms with van der Waals surface area (Å²) in [7, 11) is -3.89. The minimum atomic E-state index is -3.89. The molecule has 1 aromatic carbocycles. The molecule has 8 nitrogen and oxygen atoms in total. The van der Waals surface area contributed by atoms with Crippen LogP contribution in [-0.4, -0.2) is 75.3 Å². The summed E-state index contributed by atoms with van der Waals surface area (Å²) in [6, 6.07) is 4.29. The van der Waals surface area contributed by atoms with Crippen molar-refractivity contribution in [1.82, 2.24) is 9.80 Å². The number of halogens is 1. The summed E-state index contributed by atoms with van der Waals surface area (Å²) in [6.07, 6.45) is 0.490. The average molecular weight is 401 g/mol. The van der Waals surface area contributed by atoms with Gasteiger partial charge in [0, 0.05) is 26.2 Å². The molecule has 1 aliphatic heterocycles. The first-order chi connectivity index (χ1) is 12.7. The van der Waals surface area contributed by atoms with Gasteiger partial charge in [0.05, 0.1) is 18.6 Å². The lowest BCUT2D eigenvalue weighted by molar-refractivity contribution is -0.133. The molecule has 0 spiro atoms. The standard InChI is InChI=1S/C17H24FN3O5S/c1-4-26-17(23)20-11-9-19(10-12-20)16(22)13(2)21(27(3,24)25)15-8-6-5-7-14(15)18/h5-8,13H,4,9-12H2,1-3H3/t13-/m1/s1. The van der Waals surface area contributed by atoms with Gasteiger partial charge in [-0.05, 0) is 26.0 Å². The first kappa shape index (κ1) is 20.9. The van der Waals surface area contributed by atoms with E-state index in [0.29, 0.717) is 0 Å². The molecule has 0 bridgehead atoms. The van der Waals surface area contributed by atoms with E-state index in [1.807, 2.05) is 0 Å². The van der Waals surface area contributed by atoms with Gasteiger partial charge in [-0.2, -0.15) is 0 Å². The third-order valence-electron chi connectivity index (χ3n) is 4.27. The van der Waals surface area contributed by atoms with Crippen molar-refractivity contribution in [2.45, 2.75) is 19.9 Å². The number of para-hydroxylation sites is 1. The maximum atomic E-state index is 14.2. The van der Waals surface area contributed by atoms with E-state index in [1.165, 1.54) is 34.9 Å². The van der Waals surface area contributed by atoms with Crippen molar-refractivity contribution < 1.29 is 27.1 Å². The second kappa shape index (κ2) is 8.55. The Morgan fingerprint density at radius 1 is 1.19 bits per heavy atom. The number of hydrogen-bond donors (Lipinski definition) is 0. The minimum Gasteiger partial charge on any atom is -0.450 e. The molecule has 0 aliphatic carbocycles. The summed E-state index contributed by atoms with van der Waals surface area (Å²) in [5, 5.41) is 0. The van der Waals surface area contributed by atoms with E-state index in [1.54, 1.807) is 6.92 Å². The maximum Gasteiger partial charge on any atom is 0.409 e. The number of carbonyl (C=O) groups excluding carboxylic acids is 2. The van der Waals surface area contributed by atoms with E-state index in [0.717, 1.165) is 16.6 Å². The fraction of sp³-hybridized carbons (Fsp3) is 0.529. The van der Waals surface area contributed by atoms with Crippen molar-refractivity contribution in [1.29, 1.82) is 0 Å². The molecule has 0 aromatic heterocycles. The predicted octanol–water partition coefficient (Wildman–Crippen LogP) is 1.28. The smallest absolute Gasteiger partial charge is 0.409 e. The highest BCUT2D eigenvalue weighted by atomic mass is 32.2. The number of benzene rings is 1. The van der Waals surface area contributed by atoms with Gasteiger partial charge in [0.1, 0.15) is 11.9 Å². The quantitative estimate of drug-likeness (QED) is 0.742. The van der Waals surface area contributed by atoms with Crippen molar-refractivity contribution in [3.05, 3.63) is 30.1 Å². The molecule has 1 aromatic rings. The second-order valence-corrected chi connectivity index (χ2v) is 8.06. The van der Waals surface area contributed by atoms with Crippen LogP contribution in [0.1, 0.15) is 13.8 Å². The van der Waals surface area contributed by atoms with Crippen LogP contribution >= 0.6 is 0 Å². The molecule has 1 heterocycles. The van der Waals surface area contributed by atoms with Crippen molar-refractivity contribution in [3.8, 4) is 0 Å². The zero-order chi connectivity index (χ0) is 20.2. The Labute approximate surface area is 158 Å². The van der Waals surface area contributed by atoms with Crippen molar-refractivity contribution in [3.63, 3.8) is 0 Å². The van der Waals surface area contributed by atoms with Gasteiger partial charge in [0.2, 0.25) is 15.9 Å². The molecule has 1 saturated heterocycles. The van der Waals surface area contributed by atoms with Crippen molar-refractivity contribution in [2.75, 3.05) is 43.3 Å². The van der Waals surface area contributed by atoms with Gasteiger partial charge in [0.25, 0.3) is 0 Å². The van der Waals surface area contributed by atoms with Crippen molar-refractivity contribution in [2.24, 2.45) is 0 Å². The number of nitrogens with zero attached hydrogens (tertiary/aromatic N) is 3. The number of anilines is 1. The fourth-order valence-corrected chi connectivity index (χ4v) is 4.16. The Balaban J connectivity index is 2.15. The Morgan fingerprint density at radius 3 is 2.26 bits per heavy atom. The van der Waals surface area contributed by atoms with Gasteiger partial charge in [-0.1, -0.05) is 12.1 Å². The summed E-state index contributed by atoms with van der Waals surface area (Å²) in [5.41, 5.74) is -0.175. The molecule has 150 valence electrons. The van der Waals surface area contributed by atoms with Crippen LogP contribution in [0, 0.1) is 5.82 Å². The Morgan fingerprint density at radius 2 is 1.74 bits per heavy atom. The van der Waals surface area contributed by atoms with Crippen LogP contribution in [-0.2, 0) is 19.6 Å². The fourth-order valence-electron chi connectivity index (χ4n) is 2.99. The third-order valence-corrected chi connectivity index (χ3v) is 5.50. The molecule has 0 unspecified atom stereocenters. The molecule has 10 heteroatoms. The van der Waals surface area contributed by atoms with Crippen LogP contribution in [0.3, 0.4) is 0 Å². The largest absolute Gasteiger partial charge is 0.450 e. The van der Waals surface area contributed by atoms with Crippen LogP contribution in [0.15, 0.2) is 24.3 Å². The number of amides is 2. The number of ether oxygens (including phenoxy) is 1. The number of sulfonamides is 1. The lowest BCUT2D eigenvalue weighted by Gasteiger charge is -2.37. The molecule has 0 saturated carbocycles. The molecule has 27 heavy (non-hydrogen) atoms. The molecular weight excluding hydrogens is 377 g/mol. The molecule has 1 fully saturated rings. The molecule has 0 radical (unpaired) electrons. The third kappa shape index (κ3) is 4.88.